The maximum absolute atomic E-state index is 11.6. The van der Waals surface area contributed by atoms with E-state index in [0.29, 0.717) is 11.5 Å². The molecule has 0 fully saturated rings. The number of hydrogen-bond donors (Lipinski definition) is 1. The van der Waals surface area contributed by atoms with Gasteiger partial charge in [-0.2, -0.15) is 8.42 Å². The fourth-order valence-corrected chi connectivity index (χ4v) is 3.99. The Hall–Kier alpha value is -1.85. The maximum Gasteiger partial charge on any atom is 0.294 e. The van der Waals surface area contributed by atoms with Gasteiger partial charge in [0.2, 0.25) is 0 Å². The Kier molecular flexibility index (Phi) is 10.2. The van der Waals surface area contributed by atoms with Crippen molar-refractivity contribution in [2.75, 3.05) is 0 Å². The van der Waals surface area contributed by atoms with E-state index in [1.807, 2.05) is 36.4 Å². The first kappa shape index (κ1) is 23.4. The van der Waals surface area contributed by atoms with Crippen LogP contribution in [-0.4, -0.2) is 13.0 Å². The number of aryl methyl sites for hydroxylation is 1. The summed E-state index contributed by atoms with van der Waals surface area (Å²) in [6.45, 7) is 2.24. The molecule has 0 bridgehead atoms. The van der Waals surface area contributed by atoms with Crippen LogP contribution in [0.3, 0.4) is 0 Å². The van der Waals surface area contributed by atoms with Crippen molar-refractivity contribution in [1.82, 2.24) is 0 Å². The zero-order valence-electron chi connectivity index (χ0n) is 17.5. The van der Waals surface area contributed by atoms with Gasteiger partial charge in [0.1, 0.15) is 11.5 Å². The van der Waals surface area contributed by atoms with Crippen molar-refractivity contribution in [2.45, 2.75) is 82.4 Å². The predicted molar refractivity (Wildman–Crippen MR) is 118 cm³/mol. The summed E-state index contributed by atoms with van der Waals surface area (Å²) in [6, 6.07) is 14.0. The largest absolute Gasteiger partial charge is 0.457 e. The summed E-state index contributed by atoms with van der Waals surface area (Å²) in [5, 5.41) is 0. The quantitative estimate of drug-likeness (QED) is 0.260. The van der Waals surface area contributed by atoms with Crippen LogP contribution in [0, 0.1) is 0 Å². The lowest BCUT2D eigenvalue weighted by Gasteiger charge is -2.10. The number of rotatable bonds is 14. The number of unbranched alkanes of at least 4 members (excludes halogenated alkanes) is 9. The van der Waals surface area contributed by atoms with Crippen molar-refractivity contribution in [3.05, 3.63) is 54.1 Å². The molecule has 0 aliphatic heterocycles. The van der Waals surface area contributed by atoms with Crippen LogP contribution in [0.2, 0.25) is 0 Å². The Morgan fingerprint density at radius 3 is 1.93 bits per heavy atom. The van der Waals surface area contributed by atoms with Crippen LogP contribution < -0.4 is 4.74 Å². The SMILES string of the molecule is CCCCCCCCCCCCc1cc(Oc2ccccc2)cc(S(=O)(=O)O)c1. The van der Waals surface area contributed by atoms with Crippen LogP contribution >= 0.6 is 0 Å². The second-order valence-corrected chi connectivity index (χ2v) is 9.06. The lowest BCUT2D eigenvalue weighted by Crippen LogP contribution is -2.00. The molecule has 0 spiro atoms. The molecule has 0 atom stereocenters. The summed E-state index contributed by atoms with van der Waals surface area (Å²) in [5.41, 5.74) is 0.866. The molecule has 0 aromatic heterocycles. The molecule has 2 rings (SSSR count). The van der Waals surface area contributed by atoms with Crippen molar-refractivity contribution in [3.8, 4) is 11.5 Å². The first-order chi connectivity index (χ1) is 14.0. The Morgan fingerprint density at radius 1 is 0.759 bits per heavy atom. The zero-order valence-corrected chi connectivity index (χ0v) is 18.3. The predicted octanol–water partition coefficient (Wildman–Crippen LogP) is 7.19. The Balaban J connectivity index is 1.83. The molecule has 2 aromatic carbocycles. The summed E-state index contributed by atoms with van der Waals surface area (Å²) >= 11 is 0. The number of hydrogen-bond acceptors (Lipinski definition) is 3. The first-order valence-corrected chi connectivity index (χ1v) is 12.3. The van der Waals surface area contributed by atoms with E-state index < -0.39 is 10.1 Å². The van der Waals surface area contributed by atoms with E-state index >= 15 is 0 Å². The molecular weight excluding hydrogens is 384 g/mol. The fraction of sp³-hybridized carbons (Fsp3) is 0.500. The summed E-state index contributed by atoms with van der Waals surface area (Å²) < 4.78 is 38.5. The highest BCUT2D eigenvalue weighted by Gasteiger charge is 2.13. The average Bonchev–Trinajstić information content (AvgIpc) is 2.69. The van der Waals surface area contributed by atoms with Crippen molar-refractivity contribution in [1.29, 1.82) is 0 Å². The molecule has 2 aromatic rings. The lowest BCUT2D eigenvalue weighted by atomic mass is 10.0. The Morgan fingerprint density at radius 2 is 1.34 bits per heavy atom. The molecule has 5 heteroatoms. The minimum Gasteiger partial charge on any atom is -0.457 e. The molecule has 0 aliphatic rings. The van der Waals surface area contributed by atoms with Gasteiger partial charge in [-0.15, -0.1) is 0 Å². The van der Waals surface area contributed by atoms with Crippen LogP contribution in [0.15, 0.2) is 53.4 Å². The van der Waals surface area contributed by atoms with Crippen LogP contribution in [0.1, 0.15) is 76.7 Å². The van der Waals surface area contributed by atoms with Crippen LogP contribution in [-0.2, 0) is 16.5 Å². The van der Waals surface area contributed by atoms with Gasteiger partial charge in [-0.1, -0.05) is 82.9 Å². The van der Waals surface area contributed by atoms with Gasteiger partial charge >= 0.3 is 0 Å². The lowest BCUT2D eigenvalue weighted by molar-refractivity contribution is 0.470. The topological polar surface area (TPSA) is 63.6 Å². The van der Waals surface area contributed by atoms with Crippen molar-refractivity contribution in [2.24, 2.45) is 0 Å². The van der Waals surface area contributed by atoms with Crippen LogP contribution in [0.25, 0.3) is 0 Å². The van der Waals surface area contributed by atoms with Gasteiger partial charge in [-0.05, 0) is 42.7 Å². The summed E-state index contributed by atoms with van der Waals surface area (Å²) in [5.74, 6) is 1.05. The molecule has 0 radical (unpaired) electrons. The Labute approximate surface area is 176 Å². The first-order valence-electron chi connectivity index (χ1n) is 10.8. The van der Waals surface area contributed by atoms with E-state index in [4.69, 9.17) is 4.74 Å². The van der Waals surface area contributed by atoms with E-state index in [2.05, 4.69) is 6.92 Å². The molecule has 0 unspecified atom stereocenters. The van der Waals surface area contributed by atoms with Crippen LogP contribution in [0.5, 0.6) is 11.5 Å². The number of para-hydroxylation sites is 1. The Bertz CT molecular complexity index is 816. The van der Waals surface area contributed by atoms with E-state index in [1.54, 1.807) is 6.07 Å². The van der Waals surface area contributed by atoms with E-state index in [-0.39, 0.29) is 4.90 Å². The molecule has 29 heavy (non-hydrogen) atoms. The molecule has 160 valence electrons. The molecular formula is C24H34O4S. The van der Waals surface area contributed by atoms with E-state index in [0.717, 1.165) is 24.8 Å². The third-order valence-electron chi connectivity index (χ3n) is 5.04. The third kappa shape index (κ3) is 9.46. The van der Waals surface area contributed by atoms with Crippen molar-refractivity contribution in [3.63, 3.8) is 0 Å². The molecule has 0 heterocycles. The normalized spacial score (nSPS) is 11.5. The molecule has 4 nitrogen and oxygen atoms in total. The number of benzene rings is 2. The van der Waals surface area contributed by atoms with Gasteiger partial charge < -0.3 is 4.74 Å². The van der Waals surface area contributed by atoms with Crippen molar-refractivity contribution < 1.29 is 17.7 Å². The smallest absolute Gasteiger partial charge is 0.294 e. The van der Waals surface area contributed by atoms with Gasteiger partial charge in [0.25, 0.3) is 10.1 Å². The maximum atomic E-state index is 11.6. The highest BCUT2D eigenvalue weighted by Crippen LogP contribution is 2.27. The molecule has 0 saturated heterocycles. The second kappa shape index (κ2) is 12.7. The van der Waals surface area contributed by atoms with E-state index in [1.165, 1.54) is 57.4 Å². The molecule has 1 N–H and O–H groups in total. The molecule has 0 aliphatic carbocycles. The molecule has 0 saturated carbocycles. The average molecular weight is 419 g/mol. The third-order valence-corrected chi connectivity index (χ3v) is 5.87. The zero-order chi connectivity index (χ0) is 21.0. The van der Waals surface area contributed by atoms with Gasteiger partial charge in [0.15, 0.2) is 0 Å². The minimum absolute atomic E-state index is 0.118. The van der Waals surface area contributed by atoms with Crippen LogP contribution in [0.4, 0.5) is 0 Å². The van der Waals surface area contributed by atoms with Gasteiger partial charge in [-0.25, -0.2) is 0 Å². The fourth-order valence-electron chi connectivity index (χ4n) is 3.42. The highest BCUT2D eigenvalue weighted by atomic mass is 32.2. The van der Waals surface area contributed by atoms with Gasteiger partial charge in [0.05, 0.1) is 4.90 Å². The van der Waals surface area contributed by atoms with Crippen molar-refractivity contribution >= 4 is 10.1 Å². The summed E-state index contributed by atoms with van der Waals surface area (Å²) in [4.78, 5) is -0.118. The summed E-state index contributed by atoms with van der Waals surface area (Å²) in [6.07, 6.45) is 13.3. The minimum atomic E-state index is -4.27. The standard InChI is InChI=1S/C24H34O4S/c1-2-3-4-5-6-7-8-9-10-12-15-21-18-23(20-24(19-21)29(25,26)27)28-22-16-13-11-14-17-22/h11,13-14,16-20H,2-10,12,15H2,1H3,(H,25,26,27). The second-order valence-electron chi connectivity index (χ2n) is 7.63. The van der Waals surface area contributed by atoms with Gasteiger partial charge in [-0.3, -0.25) is 4.55 Å². The molecule has 0 amide bonds. The van der Waals surface area contributed by atoms with E-state index in [9.17, 15) is 13.0 Å². The highest BCUT2D eigenvalue weighted by molar-refractivity contribution is 7.85. The van der Waals surface area contributed by atoms with Gasteiger partial charge in [0, 0.05) is 6.07 Å². The summed E-state index contributed by atoms with van der Waals surface area (Å²) in [7, 11) is -4.27. The monoisotopic (exact) mass is 418 g/mol. The number of ether oxygens (including phenoxy) is 1.